The summed E-state index contributed by atoms with van der Waals surface area (Å²) in [6, 6.07) is 0. The fraction of sp³-hybridized carbons (Fsp3) is 0.286. The fourth-order valence-corrected chi connectivity index (χ4v) is 0.787. The molecule has 64 valence electrons. The normalized spacial score (nSPS) is 9.50. The van der Waals surface area contributed by atoms with Gasteiger partial charge in [-0.2, -0.15) is 0 Å². The number of aromatic amines is 1. The number of methoxy groups -OCH3 is 1. The lowest BCUT2D eigenvalue weighted by Crippen LogP contribution is -2.16. The largest absolute Gasteiger partial charge is 0.477 e. The molecule has 0 bridgehead atoms. The van der Waals surface area contributed by atoms with Crippen molar-refractivity contribution in [2.24, 2.45) is 0 Å². The van der Waals surface area contributed by atoms with E-state index in [2.05, 4.69) is 14.9 Å². The van der Waals surface area contributed by atoms with Crippen molar-refractivity contribution < 1.29 is 9.53 Å². The van der Waals surface area contributed by atoms with E-state index in [1.54, 1.807) is 0 Å². The number of aromatic nitrogens is 2. The molecule has 1 aromatic heterocycles. The average molecular weight is 168 g/mol. The van der Waals surface area contributed by atoms with Gasteiger partial charge in [0, 0.05) is 6.20 Å². The number of Topliss-reactive ketones (excluding diaryl/α,β-unsaturated/α-hetero) is 1. The van der Waals surface area contributed by atoms with Crippen LogP contribution < -0.4 is 10.2 Å². The van der Waals surface area contributed by atoms with Gasteiger partial charge in [0.15, 0.2) is 5.78 Å². The third-order valence-electron chi connectivity index (χ3n) is 1.39. The molecule has 0 spiro atoms. The van der Waals surface area contributed by atoms with Crippen LogP contribution in [0.3, 0.4) is 0 Å². The number of hydrogen-bond donors (Lipinski definition) is 1. The second-order valence-corrected chi connectivity index (χ2v) is 2.19. The van der Waals surface area contributed by atoms with Gasteiger partial charge in [0.2, 0.25) is 0 Å². The number of ether oxygens (including phenoxy) is 1. The minimum Gasteiger partial charge on any atom is -0.477 e. The lowest BCUT2D eigenvalue weighted by Gasteiger charge is -1.97. The van der Waals surface area contributed by atoms with Crippen molar-refractivity contribution in [1.29, 1.82) is 0 Å². The van der Waals surface area contributed by atoms with Crippen LogP contribution in [-0.2, 0) is 0 Å². The SMILES string of the molecule is COc1n[nH]cc(C(C)=O)c1=O. The number of ketones is 1. The summed E-state index contributed by atoms with van der Waals surface area (Å²) in [4.78, 5) is 22.0. The molecular formula is C7H8N2O3. The van der Waals surface area contributed by atoms with E-state index in [9.17, 15) is 9.59 Å². The molecule has 0 fully saturated rings. The van der Waals surface area contributed by atoms with Gasteiger partial charge in [-0.15, -0.1) is 5.10 Å². The topological polar surface area (TPSA) is 72.0 Å². The van der Waals surface area contributed by atoms with Crippen LogP contribution in [0, 0.1) is 0 Å². The van der Waals surface area contributed by atoms with Crippen LogP contribution in [0.5, 0.6) is 5.88 Å². The van der Waals surface area contributed by atoms with Gasteiger partial charge < -0.3 is 4.74 Å². The van der Waals surface area contributed by atoms with Crippen LogP contribution in [0.4, 0.5) is 0 Å². The molecule has 0 aliphatic carbocycles. The van der Waals surface area contributed by atoms with Gasteiger partial charge >= 0.3 is 0 Å². The molecule has 0 radical (unpaired) electrons. The number of hydrogen-bond acceptors (Lipinski definition) is 4. The Morgan fingerprint density at radius 3 is 2.83 bits per heavy atom. The van der Waals surface area contributed by atoms with Gasteiger partial charge in [0.05, 0.1) is 12.7 Å². The Morgan fingerprint density at radius 2 is 2.33 bits per heavy atom. The predicted molar refractivity (Wildman–Crippen MR) is 41.4 cm³/mol. The summed E-state index contributed by atoms with van der Waals surface area (Å²) in [5.41, 5.74) is -0.425. The van der Waals surface area contributed by atoms with Crippen molar-refractivity contribution in [3.8, 4) is 5.88 Å². The number of nitrogens with zero attached hydrogens (tertiary/aromatic N) is 1. The zero-order valence-corrected chi connectivity index (χ0v) is 6.75. The summed E-state index contributed by atoms with van der Waals surface area (Å²) in [5, 5.41) is 5.93. The molecule has 0 aliphatic heterocycles. The number of H-pyrrole nitrogens is 1. The minimum atomic E-state index is -0.483. The summed E-state index contributed by atoms with van der Waals surface area (Å²) in [6.45, 7) is 1.31. The molecule has 5 nitrogen and oxygen atoms in total. The highest BCUT2D eigenvalue weighted by molar-refractivity contribution is 5.93. The number of nitrogens with one attached hydrogen (secondary N) is 1. The predicted octanol–water partition coefficient (Wildman–Crippen LogP) is -0.0189. The molecule has 0 unspecified atom stereocenters. The summed E-state index contributed by atoms with van der Waals surface area (Å²) < 4.78 is 4.63. The van der Waals surface area contributed by atoms with E-state index < -0.39 is 5.43 Å². The summed E-state index contributed by atoms with van der Waals surface area (Å²) in [5.74, 6) is -0.403. The van der Waals surface area contributed by atoms with E-state index in [-0.39, 0.29) is 17.2 Å². The van der Waals surface area contributed by atoms with E-state index >= 15 is 0 Å². The molecule has 5 heteroatoms. The Kier molecular flexibility index (Phi) is 2.23. The molecule has 1 rings (SSSR count). The van der Waals surface area contributed by atoms with Gasteiger partial charge in [-0.1, -0.05) is 0 Å². The maximum atomic E-state index is 11.2. The number of carbonyl (C=O) groups excluding carboxylic acids is 1. The Labute approximate surface area is 68.4 Å². The van der Waals surface area contributed by atoms with Crippen LogP contribution >= 0.6 is 0 Å². The Balaban J connectivity index is 3.33. The molecule has 1 heterocycles. The van der Waals surface area contributed by atoms with Gasteiger partial charge in [-0.25, -0.2) is 0 Å². The third-order valence-corrected chi connectivity index (χ3v) is 1.39. The fourth-order valence-electron chi connectivity index (χ4n) is 0.787. The maximum absolute atomic E-state index is 11.2. The first-order valence-corrected chi connectivity index (χ1v) is 3.30. The van der Waals surface area contributed by atoms with E-state index in [1.807, 2.05) is 0 Å². The summed E-state index contributed by atoms with van der Waals surface area (Å²) >= 11 is 0. The van der Waals surface area contributed by atoms with E-state index in [4.69, 9.17) is 0 Å². The molecule has 0 aromatic carbocycles. The standard InChI is InChI=1S/C7H8N2O3/c1-4(10)5-3-8-9-7(12-2)6(5)11/h3H,1-2H3,(H,8,11). The van der Waals surface area contributed by atoms with Crippen LogP contribution in [0.1, 0.15) is 17.3 Å². The molecule has 0 saturated carbocycles. The van der Waals surface area contributed by atoms with Crippen LogP contribution in [0.2, 0.25) is 0 Å². The first-order valence-electron chi connectivity index (χ1n) is 3.30. The smallest absolute Gasteiger partial charge is 0.280 e. The zero-order valence-electron chi connectivity index (χ0n) is 6.75. The molecule has 1 aromatic rings. The van der Waals surface area contributed by atoms with Gasteiger partial charge in [0.1, 0.15) is 0 Å². The Morgan fingerprint density at radius 1 is 1.67 bits per heavy atom. The highest BCUT2D eigenvalue weighted by Gasteiger charge is 2.09. The molecule has 0 atom stereocenters. The molecule has 1 N–H and O–H groups in total. The van der Waals surface area contributed by atoms with E-state index in [0.717, 1.165) is 0 Å². The van der Waals surface area contributed by atoms with Crippen LogP contribution in [0.15, 0.2) is 11.0 Å². The van der Waals surface area contributed by atoms with E-state index in [1.165, 1.54) is 20.2 Å². The van der Waals surface area contributed by atoms with Crippen molar-refractivity contribution in [1.82, 2.24) is 10.2 Å². The van der Waals surface area contributed by atoms with Crippen molar-refractivity contribution in [2.45, 2.75) is 6.92 Å². The lowest BCUT2D eigenvalue weighted by atomic mass is 10.2. The zero-order chi connectivity index (χ0) is 9.14. The van der Waals surface area contributed by atoms with Crippen molar-refractivity contribution in [2.75, 3.05) is 7.11 Å². The lowest BCUT2D eigenvalue weighted by molar-refractivity contribution is 0.101. The molecule has 12 heavy (non-hydrogen) atoms. The Bertz CT molecular complexity index is 356. The molecule has 0 aliphatic rings. The molecule has 0 saturated heterocycles. The molecular weight excluding hydrogens is 160 g/mol. The van der Waals surface area contributed by atoms with E-state index in [0.29, 0.717) is 0 Å². The van der Waals surface area contributed by atoms with Crippen LogP contribution in [-0.4, -0.2) is 23.1 Å². The first kappa shape index (κ1) is 8.45. The highest BCUT2D eigenvalue weighted by atomic mass is 16.5. The van der Waals surface area contributed by atoms with Gasteiger partial charge in [0.25, 0.3) is 11.3 Å². The number of rotatable bonds is 2. The van der Waals surface area contributed by atoms with Crippen LogP contribution in [0.25, 0.3) is 0 Å². The van der Waals surface area contributed by atoms with Gasteiger partial charge in [-0.3, -0.25) is 14.7 Å². The average Bonchev–Trinajstić information content (AvgIpc) is 2.04. The second-order valence-electron chi connectivity index (χ2n) is 2.19. The second kappa shape index (κ2) is 3.17. The minimum absolute atomic E-state index is 0.0573. The van der Waals surface area contributed by atoms with Crippen molar-refractivity contribution in [3.63, 3.8) is 0 Å². The summed E-state index contributed by atoms with van der Waals surface area (Å²) in [6.07, 6.45) is 1.26. The maximum Gasteiger partial charge on any atom is 0.280 e. The first-order chi connectivity index (χ1) is 5.66. The number of carbonyl (C=O) groups is 1. The third kappa shape index (κ3) is 1.34. The quantitative estimate of drug-likeness (QED) is 0.630. The van der Waals surface area contributed by atoms with Crippen molar-refractivity contribution in [3.05, 3.63) is 22.0 Å². The highest BCUT2D eigenvalue weighted by Crippen LogP contribution is 1.97. The summed E-state index contributed by atoms with van der Waals surface area (Å²) in [7, 11) is 1.32. The molecule has 0 amide bonds. The van der Waals surface area contributed by atoms with Gasteiger partial charge in [-0.05, 0) is 6.92 Å². The monoisotopic (exact) mass is 168 g/mol. The Hall–Kier alpha value is -1.65. The van der Waals surface area contributed by atoms with Crippen molar-refractivity contribution >= 4 is 5.78 Å².